The number of cyclic esters (lactones) is 1. The van der Waals surface area contributed by atoms with Crippen LogP contribution < -0.4 is 0 Å². The Hall–Kier alpha value is -0.530. The first-order valence-corrected chi connectivity index (χ1v) is 7.51. The summed E-state index contributed by atoms with van der Waals surface area (Å²) < 4.78 is 5.24. The van der Waals surface area contributed by atoms with Crippen LogP contribution in [-0.4, -0.2) is 12.1 Å². The standard InChI is InChI=1S/C16H30O2/c1-10(2)7-11(3)8-12(4)9-13(5)15-14(6)16(17)18-15/h10-15H,7-9H2,1-6H3/t11?,12?,13?,14-,15?/m0/s1. The lowest BCUT2D eigenvalue weighted by Crippen LogP contribution is -2.47. The van der Waals surface area contributed by atoms with E-state index >= 15 is 0 Å². The van der Waals surface area contributed by atoms with Crippen LogP contribution in [0.2, 0.25) is 0 Å². The maximum absolute atomic E-state index is 11.1. The number of ether oxygens (including phenoxy) is 1. The number of hydrogen-bond acceptors (Lipinski definition) is 2. The van der Waals surface area contributed by atoms with Gasteiger partial charge in [-0.15, -0.1) is 0 Å². The van der Waals surface area contributed by atoms with E-state index in [0.29, 0.717) is 5.92 Å². The Morgan fingerprint density at radius 2 is 1.56 bits per heavy atom. The predicted molar refractivity (Wildman–Crippen MR) is 75.2 cm³/mol. The highest BCUT2D eigenvalue weighted by atomic mass is 16.6. The minimum absolute atomic E-state index is 0.0207. The van der Waals surface area contributed by atoms with E-state index in [9.17, 15) is 4.79 Å². The molecule has 0 aromatic heterocycles. The fourth-order valence-electron chi connectivity index (χ4n) is 3.47. The van der Waals surface area contributed by atoms with Crippen LogP contribution >= 0.6 is 0 Å². The van der Waals surface area contributed by atoms with Crippen molar-refractivity contribution >= 4 is 5.97 Å². The molecule has 0 amide bonds. The summed E-state index contributed by atoms with van der Waals surface area (Å²) in [4.78, 5) is 11.1. The molecule has 2 nitrogen and oxygen atoms in total. The molecule has 1 fully saturated rings. The molecular formula is C16H30O2. The zero-order valence-corrected chi connectivity index (χ0v) is 12.9. The van der Waals surface area contributed by atoms with Gasteiger partial charge >= 0.3 is 5.97 Å². The highest BCUT2D eigenvalue weighted by molar-refractivity contribution is 5.78. The van der Waals surface area contributed by atoms with Gasteiger partial charge in [-0.3, -0.25) is 4.79 Å². The summed E-state index contributed by atoms with van der Waals surface area (Å²) in [6, 6.07) is 0. The third kappa shape index (κ3) is 4.29. The predicted octanol–water partition coefficient (Wildman–Crippen LogP) is 4.28. The SMILES string of the molecule is CC(C)CC(C)CC(C)CC(C)C1OC(=O)[C@H]1C. The number of carbonyl (C=O) groups excluding carboxylic acids is 1. The summed E-state index contributed by atoms with van der Waals surface area (Å²) in [6.45, 7) is 13.5. The van der Waals surface area contributed by atoms with Gasteiger partial charge in [0, 0.05) is 0 Å². The molecule has 18 heavy (non-hydrogen) atoms. The van der Waals surface area contributed by atoms with Gasteiger partial charge in [-0.2, -0.15) is 0 Å². The van der Waals surface area contributed by atoms with E-state index in [4.69, 9.17) is 4.74 Å². The minimum Gasteiger partial charge on any atom is -0.461 e. The molecule has 2 heteroatoms. The molecule has 1 aliphatic heterocycles. The second-order valence-electron chi connectivity index (χ2n) is 6.98. The molecule has 5 atom stereocenters. The van der Waals surface area contributed by atoms with E-state index in [1.807, 2.05) is 6.92 Å². The van der Waals surface area contributed by atoms with Crippen LogP contribution in [0.1, 0.15) is 60.8 Å². The van der Waals surface area contributed by atoms with Crippen molar-refractivity contribution in [3.63, 3.8) is 0 Å². The monoisotopic (exact) mass is 254 g/mol. The fourth-order valence-corrected chi connectivity index (χ4v) is 3.47. The van der Waals surface area contributed by atoms with Gasteiger partial charge in [-0.1, -0.05) is 34.6 Å². The molecule has 1 aliphatic rings. The second-order valence-corrected chi connectivity index (χ2v) is 6.98. The van der Waals surface area contributed by atoms with Gasteiger partial charge < -0.3 is 4.74 Å². The molecule has 0 radical (unpaired) electrons. The summed E-state index contributed by atoms with van der Waals surface area (Å²) in [5.74, 6) is 2.90. The van der Waals surface area contributed by atoms with Gasteiger partial charge in [0.05, 0.1) is 5.92 Å². The van der Waals surface area contributed by atoms with Crippen LogP contribution in [0.25, 0.3) is 0 Å². The Labute approximate surface area is 112 Å². The molecular weight excluding hydrogens is 224 g/mol. The Morgan fingerprint density at radius 3 is 2.00 bits per heavy atom. The lowest BCUT2D eigenvalue weighted by molar-refractivity contribution is -0.189. The number of hydrogen-bond donors (Lipinski definition) is 0. The van der Waals surface area contributed by atoms with Crippen molar-refractivity contribution in [1.29, 1.82) is 0 Å². The van der Waals surface area contributed by atoms with E-state index < -0.39 is 0 Å². The van der Waals surface area contributed by atoms with Gasteiger partial charge in [0.2, 0.25) is 0 Å². The van der Waals surface area contributed by atoms with Gasteiger partial charge in [0.1, 0.15) is 6.10 Å². The Balaban J connectivity index is 2.27. The largest absolute Gasteiger partial charge is 0.461 e. The van der Waals surface area contributed by atoms with Crippen LogP contribution in [0.15, 0.2) is 0 Å². The van der Waals surface area contributed by atoms with Crippen LogP contribution in [0.4, 0.5) is 0 Å². The van der Waals surface area contributed by atoms with Crippen molar-refractivity contribution in [1.82, 2.24) is 0 Å². The smallest absolute Gasteiger partial charge is 0.312 e. The first kappa shape index (κ1) is 15.5. The molecule has 0 N–H and O–H groups in total. The average molecular weight is 254 g/mol. The van der Waals surface area contributed by atoms with Gasteiger partial charge in [-0.25, -0.2) is 0 Å². The van der Waals surface area contributed by atoms with E-state index in [2.05, 4.69) is 34.6 Å². The average Bonchev–Trinajstić information content (AvgIpc) is 2.23. The van der Waals surface area contributed by atoms with E-state index in [1.54, 1.807) is 0 Å². The first-order valence-electron chi connectivity index (χ1n) is 7.51. The van der Waals surface area contributed by atoms with Gasteiger partial charge in [0.15, 0.2) is 0 Å². The maximum Gasteiger partial charge on any atom is 0.312 e. The zero-order valence-electron chi connectivity index (χ0n) is 12.9. The quantitative estimate of drug-likeness (QED) is 0.634. The van der Waals surface area contributed by atoms with E-state index in [-0.39, 0.29) is 18.0 Å². The van der Waals surface area contributed by atoms with Crippen molar-refractivity contribution in [2.45, 2.75) is 66.9 Å². The third-order valence-corrected chi connectivity index (χ3v) is 4.13. The first-order chi connectivity index (χ1) is 8.31. The van der Waals surface area contributed by atoms with Crippen LogP contribution in [0.3, 0.4) is 0 Å². The molecule has 1 saturated heterocycles. The number of esters is 1. The highest BCUT2D eigenvalue weighted by Gasteiger charge is 2.42. The molecule has 0 bridgehead atoms. The second kappa shape index (κ2) is 6.58. The Morgan fingerprint density at radius 1 is 1.00 bits per heavy atom. The topological polar surface area (TPSA) is 26.3 Å². The van der Waals surface area contributed by atoms with Crippen molar-refractivity contribution in [2.24, 2.45) is 29.6 Å². The van der Waals surface area contributed by atoms with Gasteiger partial charge in [-0.05, 0) is 49.9 Å². The molecule has 0 aromatic carbocycles. The van der Waals surface area contributed by atoms with Crippen LogP contribution in [0, 0.1) is 29.6 Å². The summed E-state index contributed by atoms with van der Waals surface area (Å²) in [7, 11) is 0. The van der Waals surface area contributed by atoms with Crippen molar-refractivity contribution in [3.05, 3.63) is 0 Å². The van der Waals surface area contributed by atoms with E-state index in [1.165, 1.54) is 19.3 Å². The lowest BCUT2D eigenvalue weighted by Gasteiger charge is -2.38. The summed E-state index contributed by atoms with van der Waals surface area (Å²) in [6.07, 6.45) is 3.94. The lowest BCUT2D eigenvalue weighted by atomic mass is 9.80. The maximum atomic E-state index is 11.1. The number of carbonyl (C=O) groups is 1. The summed E-state index contributed by atoms with van der Waals surface area (Å²) in [5, 5.41) is 0. The summed E-state index contributed by atoms with van der Waals surface area (Å²) in [5.41, 5.74) is 0. The highest BCUT2D eigenvalue weighted by Crippen LogP contribution is 2.33. The molecule has 4 unspecified atom stereocenters. The molecule has 106 valence electrons. The van der Waals surface area contributed by atoms with Crippen LogP contribution in [0.5, 0.6) is 0 Å². The summed E-state index contributed by atoms with van der Waals surface area (Å²) >= 11 is 0. The molecule has 0 aliphatic carbocycles. The Bertz CT molecular complexity index is 272. The third-order valence-electron chi connectivity index (χ3n) is 4.13. The molecule has 0 aromatic rings. The molecule has 0 saturated carbocycles. The van der Waals surface area contributed by atoms with Crippen molar-refractivity contribution in [2.75, 3.05) is 0 Å². The van der Waals surface area contributed by atoms with Crippen LogP contribution in [-0.2, 0) is 9.53 Å². The van der Waals surface area contributed by atoms with Crippen molar-refractivity contribution < 1.29 is 9.53 Å². The van der Waals surface area contributed by atoms with E-state index in [0.717, 1.165) is 17.8 Å². The minimum atomic E-state index is -0.0207. The molecule has 1 rings (SSSR count). The zero-order chi connectivity index (χ0) is 13.9. The Kier molecular flexibility index (Phi) is 5.68. The normalized spacial score (nSPS) is 28.5. The van der Waals surface area contributed by atoms with Gasteiger partial charge in [0.25, 0.3) is 0 Å². The molecule has 1 heterocycles. The fraction of sp³-hybridized carbons (Fsp3) is 0.938. The van der Waals surface area contributed by atoms with Crippen molar-refractivity contribution in [3.8, 4) is 0 Å². The molecule has 0 spiro atoms. The number of rotatable bonds is 7.